The molecular formula is C71H126O6. The summed E-state index contributed by atoms with van der Waals surface area (Å²) in [5, 5.41) is 0. The summed E-state index contributed by atoms with van der Waals surface area (Å²) in [6.45, 7) is 6.49. The van der Waals surface area contributed by atoms with Gasteiger partial charge in [0.05, 0.1) is 6.42 Å². The number of allylic oxidation sites excluding steroid dienone is 11. The Morgan fingerprint density at radius 2 is 0.545 bits per heavy atom. The highest BCUT2D eigenvalue weighted by Gasteiger charge is 2.19. The van der Waals surface area contributed by atoms with Gasteiger partial charge in [0, 0.05) is 12.8 Å². The lowest BCUT2D eigenvalue weighted by molar-refractivity contribution is -0.166. The topological polar surface area (TPSA) is 78.9 Å². The van der Waals surface area contributed by atoms with Gasteiger partial charge in [-0.3, -0.25) is 14.4 Å². The fourth-order valence-corrected chi connectivity index (χ4v) is 9.75. The van der Waals surface area contributed by atoms with Gasteiger partial charge in [-0.05, 0) is 70.6 Å². The molecule has 0 fully saturated rings. The second-order valence-electron chi connectivity index (χ2n) is 22.4. The lowest BCUT2D eigenvalue weighted by Gasteiger charge is -2.18. The normalized spacial score (nSPS) is 12.5. The fourth-order valence-electron chi connectivity index (χ4n) is 9.75. The van der Waals surface area contributed by atoms with Crippen LogP contribution in [0, 0.1) is 0 Å². The van der Waals surface area contributed by atoms with Crippen molar-refractivity contribution in [2.24, 2.45) is 0 Å². The Balaban J connectivity index is 4.25. The van der Waals surface area contributed by atoms with Crippen molar-refractivity contribution >= 4 is 17.9 Å². The molecule has 6 nitrogen and oxygen atoms in total. The van der Waals surface area contributed by atoms with Gasteiger partial charge in [0.1, 0.15) is 13.2 Å². The third-order valence-electron chi connectivity index (χ3n) is 14.7. The van der Waals surface area contributed by atoms with Crippen LogP contribution in [0.3, 0.4) is 0 Å². The molecule has 446 valence electrons. The van der Waals surface area contributed by atoms with Crippen molar-refractivity contribution in [3.63, 3.8) is 0 Å². The molecular weight excluding hydrogens is 949 g/mol. The number of rotatable bonds is 61. The Bertz CT molecular complexity index is 1420. The lowest BCUT2D eigenvalue weighted by Crippen LogP contribution is -2.30. The molecule has 0 aliphatic rings. The number of hydrogen-bond acceptors (Lipinski definition) is 6. The van der Waals surface area contributed by atoms with E-state index in [9.17, 15) is 14.4 Å². The van der Waals surface area contributed by atoms with E-state index in [1.54, 1.807) is 6.08 Å². The van der Waals surface area contributed by atoms with Crippen LogP contribution < -0.4 is 0 Å². The minimum Gasteiger partial charge on any atom is -0.462 e. The van der Waals surface area contributed by atoms with Gasteiger partial charge in [-0.1, -0.05) is 325 Å². The zero-order chi connectivity index (χ0) is 55.7. The summed E-state index contributed by atoms with van der Waals surface area (Å²) in [7, 11) is 0. The molecule has 0 amide bonds. The third-order valence-corrected chi connectivity index (χ3v) is 14.7. The first-order valence-electron chi connectivity index (χ1n) is 33.4. The predicted octanol–water partition coefficient (Wildman–Crippen LogP) is 22.9. The smallest absolute Gasteiger partial charge is 0.310 e. The van der Waals surface area contributed by atoms with Gasteiger partial charge in [0.2, 0.25) is 0 Å². The molecule has 0 aromatic rings. The molecule has 77 heavy (non-hydrogen) atoms. The van der Waals surface area contributed by atoms with Crippen molar-refractivity contribution in [2.75, 3.05) is 13.2 Å². The Morgan fingerprint density at radius 1 is 0.286 bits per heavy atom. The van der Waals surface area contributed by atoms with Crippen molar-refractivity contribution in [3.8, 4) is 0 Å². The maximum atomic E-state index is 12.8. The number of hydrogen-bond donors (Lipinski definition) is 0. The molecule has 0 aliphatic carbocycles. The van der Waals surface area contributed by atoms with Crippen molar-refractivity contribution in [1.82, 2.24) is 0 Å². The van der Waals surface area contributed by atoms with Crippen LogP contribution in [0.25, 0.3) is 0 Å². The van der Waals surface area contributed by atoms with Gasteiger partial charge in [-0.2, -0.15) is 0 Å². The highest BCUT2D eigenvalue weighted by Crippen LogP contribution is 2.17. The quantitative estimate of drug-likeness (QED) is 0.0261. The number of carbonyl (C=O) groups excluding carboxylic acids is 3. The lowest BCUT2D eigenvalue weighted by atomic mass is 10.0. The molecule has 0 heterocycles. The van der Waals surface area contributed by atoms with Crippen molar-refractivity contribution in [1.29, 1.82) is 0 Å². The molecule has 0 saturated carbocycles. The third kappa shape index (κ3) is 63.6. The highest BCUT2D eigenvalue weighted by atomic mass is 16.6. The summed E-state index contributed by atoms with van der Waals surface area (Å²) in [4.78, 5) is 38.2. The van der Waals surface area contributed by atoms with Crippen LogP contribution in [0.15, 0.2) is 72.9 Å². The highest BCUT2D eigenvalue weighted by molar-refractivity contribution is 5.72. The molecule has 1 atom stereocenters. The molecule has 0 aliphatic heterocycles. The van der Waals surface area contributed by atoms with Crippen molar-refractivity contribution in [2.45, 2.75) is 348 Å². The second-order valence-corrected chi connectivity index (χ2v) is 22.4. The molecule has 0 radical (unpaired) electrons. The SMILES string of the molecule is CC/C=C\C/C=C\C/C=C\C/C=C\C/C=C\CC(=O)OC(COC(=O)CCCCCCCCCCCCCCCCC)COC(=O)CCCCCCCCCCCCCCCCCCC/C=C\CCCCCCCCCC. The fraction of sp³-hybridized carbons (Fsp3) is 0.789. The first-order chi connectivity index (χ1) is 38.0. The Morgan fingerprint density at radius 3 is 0.844 bits per heavy atom. The van der Waals surface area contributed by atoms with E-state index in [4.69, 9.17) is 14.2 Å². The van der Waals surface area contributed by atoms with Crippen LogP contribution in [0.1, 0.15) is 342 Å². The van der Waals surface area contributed by atoms with Crippen LogP contribution in [-0.2, 0) is 28.6 Å². The van der Waals surface area contributed by atoms with E-state index in [1.165, 1.54) is 231 Å². The van der Waals surface area contributed by atoms with Crippen LogP contribution in [-0.4, -0.2) is 37.2 Å². The maximum absolute atomic E-state index is 12.8. The van der Waals surface area contributed by atoms with Gasteiger partial charge in [0.15, 0.2) is 6.10 Å². The van der Waals surface area contributed by atoms with E-state index in [-0.39, 0.29) is 31.6 Å². The second kappa shape index (κ2) is 65.4. The van der Waals surface area contributed by atoms with Crippen LogP contribution in [0.2, 0.25) is 0 Å². The monoisotopic (exact) mass is 1070 g/mol. The summed E-state index contributed by atoms with van der Waals surface area (Å²) in [6, 6.07) is 0. The van der Waals surface area contributed by atoms with Gasteiger partial charge in [-0.25, -0.2) is 0 Å². The molecule has 0 spiro atoms. The van der Waals surface area contributed by atoms with E-state index in [0.717, 1.165) is 70.6 Å². The number of ether oxygens (including phenoxy) is 3. The maximum Gasteiger partial charge on any atom is 0.310 e. The molecule has 6 heteroatoms. The van der Waals surface area contributed by atoms with E-state index in [1.807, 2.05) is 6.08 Å². The summed E-state index contributed by atoms with van der Waals surface area (Å²) >= 11 is 0. The molecule has 0 N–H and O–H groups in total. The Labute approximate surface area is 478 Å². The summed E-state index contributed by atoms with van der Waals surface area (Å²) < 4.78 is 16.8. The van der Waals surface area contributed by atoms with E-state index >= 15 is 0 Å². The number of esters is 3. The molecule has 1 unspecified atom stereocenters. The molecule has 0 bridgehead atoms. The van der Waals surface area contributed by atoms with Crippen molar-refractivity contribution < 1.29 is 28.6 Å². The van der Waals surface area contributed by atoms with Gasteiger partial charge in [-0.15, -0.1) is 0 Å². The molecule has 0 rings (SSSR count). The summed E-state index contributed by atoms with van der Waals surface area (Å²) in [5.74, 6) is -1.02. The zero-order valence-corrected chi connectivity index (χ0v) is 51.2. The molecule has 0 saturated heterocycles. The first kappa shape index (κ1) is 73.8. The standard InChI is InChI=1S/C71H126O6/c1-4-7-10-13-16-19-22-25-28-29-30-31-32-33-34-35-36-37-38-39-40-41-44-46-49-52-55-58-61-64-70(73)76-67-68(77-71(74)65-62-59-56-53-50-47-43-27-24-21-18-15-12-9-6-3)66-75-69(72)63-60-57-54-51-48-45-42-26-23-20-17-14-11-8-5-2/h9,12,18,21,27,29-30,43,50,53,59,62,68H,4-8,10-11,13-17,19-20,22-26,28,31-42,44-49,51-52,54-58,60-61,63-67H2,1-3H3/b12-9-,21-18-,30-29-,43-27-,53-50-,62-59-. The largest absolute Gasteiger partial charge is 0.462 e. The number of unbranched alkanes of at least 4 members (excludes halogenated alkanes) is 39. The van der Waals surface area contributed by atoms with Crippen LogP contribution >= 0.6 is 0 Å². The van der Waals surface area contributed by atoms with Gasteiger partial charge < -0.3 is 14.2 Å². The minimum atomic E-state index is -0.828. The van der Waals surface area contributed by atoms with Crippen LogP contribution in [0.5, 0.6) is 0 Å². The Kier molecular flexibility index (Phi) is 62.7. The number of carbonyl (C=O) groups is 3. The van der Waals surface area contributed by atoms with E-state index in [0.29, 0.717) is 12.8 Å². The minimum absolute atomic E-state index is 0.101. The van der Waals surface area contributed by atoms with Gasteiger partial charge >= 0.3 is 17.9 Å². The van der Waals surface area contributed by atoms with Crippen molar-refractivity contribution in [3.05, 3.63) is 72.9 Å². The van der Waals surface area contributed by atoms with Crippen LogP contribution in [0.4, 0.5) is 0 Å². The summed E-state index contributed by atoms with van der Waals surface area (Å²) in [6.07, 6.45) is 85.3. The van der Waals surface area contributed by atoms with Gasteiger partial charge in [0.25, 0.3) is 0 Å². The Hall–Kier alpha value is -3.15. The average molecular weight is 1080 g/mol. The average Bonchev–Trinajstić information content (AvgIpc) is 3.43. The first-order valence-corrected chi connectivity index (χ1v) is 33.4. The van der Waals surface area contributed by atoms with E-state index in [2.05, 4.69) is 81.5 Å². The zero-order valence-electron chi connectivity index (χ0n) is 51.2. The van der Waals surface area contributed by atoms with E-state index < -0.39 is 12.1 Å². The summed E-state index contributed by atoms with van der Waals surface area (Å²) in [5.41, 5.74) is 0. The predicted molar refractivity (Wildman–Crippen MR) is 335 cm³/mol. The molecule has 0 aromatic heterocycles. The molecule has 0 aromatic carbocycles.